The second kappa shape index (κ2) is 11.5. The van der Waals surface area contributed by atoms with Gasteiger partial charge in [-0.05, 0) is 60.5 Å². The van der Waals surface area contributed by atoms with Gasteiger partial charge in [-0.3, -0.25) is 0 Å². The second-order valence-corrected chi connectivity index (χ2v) is 8.51. The highest BCUT2D eigenvalue weighted by atomic mass is 19.2. The summed E-state index contributed by atoms with van der Waals surface area (Å²) in [5.41, 5.74) is 2.58. The Bertz CT molecular complexity index is 1170. The van der Waals surface area contributed by atoms with Crippen molar-refractivity contribution < 1.29 is 27.4 Å². The van der Waals surface area contributed by atoms with Crippen LogP contribution in [-0.2, 0) is 20.6 Å². The van der Waals surface area contributed by atoms with Crippen LogP contribution in [0.2, 0.25) is 0 Å². The summed E-state index contributed by atoms with van der Waals surface area (Å²) >= 11 is 0. The minimum absolute atomic E-state index is 0.0290. The summed E-state index contributed by atoms with van der Waals surface area (Å²) in [7, 11) is 1.71. The van der Waals surface area contributed by atoms with E-state index in [0.29, 0.717) is 11.5 Å². The Morgan fingerprint density at radius 2 is 1.59 bits per heavy atom. The van der Waals surface area contributed by atoms with Crippen molar-refractivity contribution in [2.45, 2.75) is 32.0 Å². The Morgan fingerprint density at radius 1 is 0.882 bits per heavy atom. The third-order valence-corrected chi connectivity index (χ3v) is 5.94. The molecule has 0 aromatic heterocycles. The van der Waals surface area contributed by atoms with Crippen molar-refractivity contribution in [1.29, 1.82) is 0 Å². The van der Waals surface area contributed by atoms with E-state index in [4.69, 9.17) is 14.2 Å². The molecule has 34 heavy (non-hydrogen) atoms. The summed E-state index contributed by atoms with van der Waals surface area (Å²) in [6, 6.07) is 13.5. The van der Waals surface area contributed by atoms with E-state index in [9.17, 15) is 13.2 Å². The molecule has 3 aromatic rings. The molecule has 0 aliphatic carbocycles. The quantitative estimate of drug-likeness (QED) is 0.242. The monoisotopic (exact) mass is 468 g/mol. The molecule has 0 spiro atoms. The third-order valence-electron chi connectivity index (χ3n) is 5.94. The Morgan fingerprint density at radius 3 is 2.32 bits per heavy atom. The van der Waals surface area contributed by atoms with Crippen LogP contribution < -0.4 is 0 Å². The van der Waals surface area contributed by atoms with Crippen molar-refractivity contribution in [3.63, 3.8) is 0 Å². The summed E-state index contributed by atoms with van der Waals surface area (Å²) < 4.78 is 57.6. The molecule has 0 amide bonds. The van der Waals surface area contributed by atoms with Gasteiger partial charge in [0, 0.05) is 42.6 Å². The first-order valence-electron chi connectivity index (χ1n) is 11.4. The van der Waals surface area contributed by atoms with Gasteiger partial charge in [0.25, 0.3) is 0 Å². The predicted molar refractivity (Wildman–Crippen MR) is 125 cm³/mol. The van der Waals surface area contributed by atoms with Crippen molar-refractivity contribution in [3.8, 4) is 11.8 Å². The molecule has 4 rings (SSSR count). The topological polar surface area (TPSA) is 27.7 Å². The van der Waals surface area contributed by atoms with Crippen LogP contribution >= 0.6 is 0 Å². The number of ether oxygens (including phenoxy) is 3. The fourth-order valence-corrected chi connectivity index (χ4v) is 4.00. The van der Waals surface area contributed by atoms with E-state index in [1.807, 2.05) is 24.3 Å². The van der Waals surface area contributed by atoms with Crippen LogP contribution in [0.4, 0.5) is 13.2 Å². The van der Waals surface area contributed by atoms with Gasteiger partial charge in [0.2, 0.25) is 0 Å². The first-order chi connectivity index (χ1) is 16.5. The van der Waals surface area contributed by atoms with Crippen molar-refractivity contribution in [2.75, 3.05) is 26.9 Å². The lowest BCUT2D eigenvalue weighted by atomic mass is 10.0. The zero-order valence-electron chi connectivity index (χ0n) is 19.1. The minimum atomic E-state index is -1.46. The fourth-order valence-electron chi connectivity index (χ4n) is 4.00. The molecule has 0 saturated carbocycles. The van der Waals surface area contributed by atoms with E-state index in [0.717, 1.165) is 57.1 Å². The van der Waals surface area contributed by atoms with E-state index in [1.165, 1.54) is 11.6 Å². The molecule has 178 valence electrons. The van der Waals surface area contributed by atoms with Crippen LogP contribution in [0.5, 0.6) is 0 Å². The second-order valence-electron chi connectivity index (χ2n) is 8.51. The number of fused-ring (bicyclic) bond motifs is 1. The maximum atomic E-state index is 13.9. The summed E-state index contributed by atoms with van der Waals surface area (Å²) in [5.74, 6) is 2.63. The largest absolute Gasteiger partial charge is 0.385 e. The SMILES string of the molecule is COCCCC1COC(CCc2ccc(C#Cc3ccc4c(F)c(F)c(F)cc4c3)cc2)OC1. The van der Waals surface area contributed by atoms with Crippen molar-refractivity contribution in [2.24, 2.45) is 5.92 Å². The molecule has 3 nitrogen and oxygen atoms in total. The van der Waals surface area contributed by atoms with Crippen LogP contribution in [0.1, 0.15) is 36.0 Å². The van der Waals surface area contributed by atoms with E-state index >= 15 is 0 Å². The predicted octanol–water partition coefficient (Wildman–Crippen LogP) is 6.01. The van der Waals surface area contributed by atoms with Crippen molar-refractivity contribution >= 4 is 10.8 Å². The first kappa shape index (κ1) is 24.3. The van der Waals surface area contributed by atoms with Gasteiger partial charge in [0.15, 0.2) is 23.7 Å². The lowest BCUT2D eigenvalue weighted by molar-refractivity contribution is -0.203. The normalized spacial score (nSPS) is 18.0. The van der Waals surface area contributed by atoms with Crippen molar-refractivity contribution in [1.82, 2.24) is 0 Å². The molecular weight excluding hydrogens is 441 g/mol. The van der Waals surface area contributed by atoms with Crippen LogP contribution in [0.3, 0.4) is 0 Å². The van der Waals surface area contributed by atoms with Gasteiger partial charge >= 0.3 is 0 Å². The minimum Gasteiger partial charge on any atom is -0.385 e. The van der Waals surface area contributed by atoms with Gasteiger partial charge in [-0.1, -0.05) is 30.0 Å². The molecule has 1 aliphatic rings. The smallest absolute Gasteiger partial charge is 0.195 e. The van der Waals surface area contributed by atoms with Crippen LogP contribution in [0.25, 0.3) is 10.8 Å². The molecule has 0 radical (unpaired) electrons. The number of rotatable bonds is 7. The molecule has 0 unspecified atom stereocenters. The molecule has 1 aliphatic heterocycles. The number of methoxy groups -OCH3 is 1. The van der Waals surface area contributed by atoms with Gasteiger partial charge in [0.05, 0.1) is 13.2 Å². The van der Waals surface area contributed by atoms with E-state index < -0.39 is 17.5 Å². The highest BCUT2D eigenvalue weighted by molar-refractivity contribution is 5.84. The Balaban J connectivity index is 1.30. The highest BCUT2D eigenvalue weighted by Gasteiger charge is 2.21. The lowest BCUT2D eigenvalue weighted by Crippen LogP contribution is -2.32. The number of hydrogen-bond donors (Lipinski definition) is 0. The Labute approximate surface area is 197 Å². The zero-order valence-corrected chi connectivity index (χ0v) is 19.1. The molecular formula is C28H27F3O3. The molecule has 1 fully saturated rings. The van der Waals surface area contributed by atoms with Crippen LogP contribution in [-0.4, -0.2) is 33.2 Å². The molecule has 1 heterocycles. The average molecular weight is 469 g/mol. The maximum Gasteiger partial charge on any atom is 0.195 e. The Kier molecular flexibility index (Phi) is 8.23. The molecule has 0 bridgehead atoms. The molecule has 6 heteroatoms. The Hall–Kier alpha value is -2.85. The number of halogens is 3. The van der Waals surface area contributed by atoms with Gasteiger partial charge in [-0.2, -0.15) is 0 Å². The van der Waals surface area contributed by atoms with Gasteiger partial charge < -0.3 is 14.2 Å². The average Bonchev–Trinajstić information content (AvgIpc) is 2.86. The first-order valence-corrected chi connectivity index (χ1v) is 11.4. The van der Waals surface area contributed by atoms with Crippen LogP contribution in [0.15, 0.2) is 48.5 Å². The van der Waals surface area contributed by atoms with E-state index in [1.54, 1.807) is 19.2 Å². The number of benzene rings is 3. The van der Waals surface area contributed by atoms with Gasteiger partial charge in [-0.15, -0.1) is 0 Å². The number of aryl methyl sites for hydroxylation is 1. The van der Waals surface area contributed by atoms with Gasteiger partial charge in [0.1, 0.15) is 0 Å². The zero-order chi connectivity index (χ0) is 23.9. The van der Waals surface area contributed by atoms with Gasteiger partial charge in [-0.25, -0.2) is 13.2 Å². The summed E-state index contributed by atoms with van der Waals surface area (Å²) in [6.45, 7) is 2.22. The highest BCUT2D eigenvalue weighted by Crippen LogP contribution is 2.24. The van der Waals surface area contributed by atoms with Crippen LogP contribution in [0, 0.1) is 35.2 Å². The lowest BCUT2D eigenvalue weighted by Gasteiger charge is -2.29. The summed E-state index contributed by atoms with van der Waals surface area (Å²) in [4.78, 5) is 0. The third kappa shape index (κ3) is 6.18. The summed E-state index contributed by atoms with van der Waals surface area (Å²) in [5, 5.41) is 0.299. The van der Waals surface area contributed by atoms with Crippen molar-refractivity contribution in [3.05, 3.63) is 82.7 Å². The molecule has 3 aromatic carbocycles. The number of hydrogen-bond acceptors (Lipinski definition) is 3. The molecule has 1 saturated heterocycles. The standard InChI is InChI=1S/C28H27F3O3/c1-32-14-2-3-22-17-33-26(34-18-22)13-11-20-6-4-19(5-7-20)8-9-21-10-12-24-23(15-21)16-25(29)28(31)27(24)30/h4-7,10,12,15-16,22,26H,2-3,11,13-14,17-18H2,1H3. The van der Waals surface area contributed by atoms with E-state index in [2.05, 4.69) is 11.8 Å². The maximum absolute atomic E-state index is 13.9. The fraction of sp³-hybridized carbons (Fsp3) is 0.357. The van der Waals surface area contributed by atoms with E-state index in [-0.39, 0.29) is 17.1 Å². The summed E-state index contributed by atoms with van der Waals surface area (Å²) in [6.07, 6.45) is 3.53. The molecule has 0 atom stereocenters. The molecule has 0 N–H and O–H groups in total.